The third-order valence-corrected chi connectivity index (χ3v) is 6.92. The van der Waals surface area contributed by atoms with Gasteiger partial charge in [-0.3, -0.25) is 0 Å². The molecule has 7 heteroatoms. The molecule has 138 valence electrons. The largest absolute Gasteiger partial charge is 0.364 e. The molecular formula is C20H16Cl2N2O2S. The molecule has 0 spiro atoms. The van der Waals surface area contributed by atoms with Gasteiger partial charge in [0.1, 0.15) is 11.1 Å². The van der Waals surface area contributed by atoms with Crippen LogP contribution < -0.4 is 5.32 Å². The zero-order valence-corrected chi connectivity index (χ0v) is 16.5. The Hall–Kier alpha value is -2.05. The van der Waals surface area contributed by atoms with Crippen LogP contribution in [0.1, 0.15) is 17.3 Å². The van der Waals surface area contributed by atoms with E-state index >= 15 is 0 Å². The van der Waals surface area contributed by atoms with Crippen molar-refractivity contribution in [1.29, 1.82) is 0 Å². The molecule has 1 N–H and O–H groups in total. The highest BCUT2D eigenvalue weighted by molar-refractivity contribution is 7.89. The highest BCUT2D eigenvalue weighted by atomic mass is 35.5. The average molecular weight is 419 g/mol. The maximum Gasteiger partial charge on any atom is 0.247 e. The Morgan fingerprint density at radius 1 is 0.926 bits per heavy atom. The first-order chi connectivity index (χ1) is 13.0. The Kier molecular flexibility index (Phi) is 4.86. The molecule has 0 aromatic heterocycles. The molecule has 0 fully saturated rings. The molecule has 1 atom stereocenters. The molecule has 1 aliphatic rings. The van der Waals surface area contributed by atoms with Gasteiger partial charge in [-0.25, -0.2) is 8.42 Å². The second-order valence-corrected chi connectivity index (χ2v) is 8.95. The number of hydrogen-bond acceptors (Lipinski definition) is 3. The lowest BCUT2D eigenvalue weighted by Crippen LogP contribution is -2.42. The van der Waals surface area contributed by atoms with Gasteiger partial charge in [-0.05, 0) is 29.8 Å². The number of rotatable bonds is 3. The van der Waals surface area contributed by atoms with Gasteiger partial charge in [-0.1, -0.05) is 71.7 Å². The minimum absolute atomic E-state index is 0.216. The SMILES string of the molecule is O=S1(=O)c2ccccc2NC(c2ccc(Cl)cc2Cl)N1Cc1ccccc1. The van der Waals surface area contributed by atoms with Crippen LogP contribution in [0.5, 0.6) is 0 Å². The van der Waals surface area contributed by atoms with Gasteiger partial charge in [0.2, 0.25) is 10.0 Å². The van der Waals surface area contributed by atoms with Gasteiger partial charge in [0.25, 0.3) is 0 Å². The maximum absolute atomic E-state index is 13.4. The number of halogens is 2. The van der Waals surface area contributed by atoms with Crippen molar-refractivity contribution in [3.05, 3.63) is 94.0 Å². The predicted molar refractivity (Wildman–Crippen MR) is 108 cm³/mol. The van der Waals surface area contributed by atoms with Crippen LogP contribution in [-0.4, -0.2) is 12.7 Å². The summed E-state index contributed by atoms with van der Waals surface area (Å²) in [4.78, 5) is 0.252. The summed E-state index contributed by atoms with van der Waals surface area (Å²) in [6.45, 7) is 0.216. The van der Waals surface area contributed by atoms with E-state index < -0.39 is 16.2 Å². The molecule has 1 heterocycles. The summed E-state index contributed by atoms with van der Waals surface area (Å²) in [5.41, 5.74) is 2.09. The fourth-order valence-electron chi connectivity index (χ4n) is 3.19. The Bertz CT molecular complexity index is 1090. The number of anilines is 1. The van der Waals surface area contributed by atoms with Gasteiger partial charge in [0, 0.05) is 22.2 Å². The van der Waals surface area contributed by atoms with Gasteiger partial charge >= 0.3 is 0 Å². The Morgan fingerprint density at radius 3 is 2.37 bits per heavy atom. The molecule has 4 rings (SSSR count). The fraction of sp³-hybridized carbons (Fsp3) is 0.100. The number of nitrogens with one attached hydrogen (secondary N) is 1. The van der Waals surface area contributed by atoms with Crippen LogP contribution in [0.4, 0.5) is 5.69 Å². The number of nitrogens with zero attached hydrogens (tertiary/aromatic N) is 1. The summed E-state index contributed by atoms with van der Waals surface area (Å²) in [5.74, 6) is 0. The quantitative estimate of drug-likeness (QED) is 0.626. The summed E-state index contributed by atoms with van der Waals surface area (Å²) >= 11 is 12.4. The van der Waals surface area contributed by atoms with Gasteiger partial charge in [0.15, 0.2) is 0 Å². The Morgan fingerprint density at radius 2 is 1.63 bits per heavy atom. The van der Waals surface area contributed by atoms with Crippen molar-refractivity contribution in [3.63, 3.8) is 0 Å². The molecular weight excluding hydrogens is 403 g/mol. The van der Waals surface area contributed by atoms with Crippen LogP contribution in [0.2, 0.25) is 10.0 Å². The molecule has 3 aromatic carbocycles. The molecule has 0 saturated heterocycles. The van der Waals surface area contributed by atoms with Crippen molar-refractivity contribution in [3.8, 4) is 0 Å². The maximum atomic E-state index is 13.4. The minimum Gasteiger partial charge on any atom is -0.364 e. The first kappa shape index (κ1) is 18.3. The van der Waals surface area contributed by atoms with E-state index in [1.807, 2.05) is 30.3 Å². The molecule has 1 aliphatic heterocycles. The summed E-state index contributed by atoms with van der Waals surface area (Å²) < 4.78 is 28.2. The number of hydrogen-bond donors (Lipinski definition) is 1. The van der Waals surface area contributed by atoms with Crippen molar-refractivity contribution in [2.75, 3.05) is 5.32 Å². The second kappa shape index (κ2) is 7.17. The molecule has 3 aromatic rings. The smallest absolute Gasteiger partial charge is 0.247 e. The van der Waals surface area contributed by atoms with Crippen LogP contribution in [0.3, 0.4) is 0 Å². The third-order valence-electron chi connectivity index (χ3n) is 4.49. The molecule has 27 heavy (non-hydrogen) atoms. The minimum atomic E-state index is -3.73. The number of sulfonamides is 1. The topological polar surface area (TPSA) is 49.4 Å². The van der Waals surface area contributed by atoms with Crippen LogP contribution in [0, 0.1) is 0 Å². The van der Waals surface area contributed by atoms with Gasteiger partial charge < -0.3 is 5.32 Å². The average Bonchev–Trinajstić information content (AvgIpc) is 2.65. The van der Waals surface area contributed by atoms with Crippen LogP contribution in [0.25, 0.3) is 0 Å². The first-order valence-electron chi connectivity index (χ1n) is 8.33. The number of benzene rings is 3. The second-order valence-electron chi connectivity index (χ2n) is 6.24. The van der Waals surface area contributed by atoms with Crippen molar-refractivity contribution in [2.45, 2.75) is 17.6 Å². The van der Waals surface area contributed by atoms with E-state index in [1.54, 1.807) is 42.5 Å². The summed E-state index contributed by atoms with van der Waals surface area (Å²) in [7, 11) is -3.73. The molecule has 0 aliphatic carbocycles. The van der Waals surface area contributed by atoms with Crippen LogP contribution >= 0.6 is 23.2 Å². The standard InChI is InChI=1S/C20H16Cl2N2O2S/c21-15-10-11-16(17(22)12-15)20-23-18-8-4-5-9-19(18)27(25,26)24(20)13-14-6-2-1-3-7-14/h1-12,20,23H,13H2. The molecule has 0 bridgehead atoms. The van der Waals surface area contributed by atoms with E-state index in [2.05, 4.69) is 5.32 Å². The van der Waals surface area contributed by atoms with Gasteiger partial charge in [-0.2, -0.15) is 4.31 Å². The van der Waals surface area contributed by atoms with Crippen molar-refractivity contribution < 1.29 is 8.42 Å². The molecule has 4 nitrogen and oxygen atoms in total. The van der Waals surface area contributed by atoms with Crippen LogP contribution in [-0.2, 0) is 16.6 Å². The molecule has 0 saturated carbocycles. The monoisotopic (exact) mass is 418 g/mol. The van der Waals surface area contributed by atoms with Crippen LogP contribution in [0.15, 0.2) is 77.7 Å². The van der Waals surface area contributed by atoms with Gasteiger partial charge in [0.05, 0.1) is 5.69 Å². The lowest BCUT2D eigenvalue weighted by Gasteiger charge is -2.37. The van der Waals surface area contributed by atoms with E-state index in [0.29, 0.717) is 21.3 Å². The van der Waals surface area contributed by atoms with Crippen molar-refractivity contribution in [1.82, 2.24) is 4.31 Å². The zero-order valence-electron chi connectivity index (χ0n) is 14.1. The molecule has 1 unspecified atom stereocenters. The van der Waals surface area contributed by atoms with E-state index in [1.165, 1.54) is 4.31 Å². The highest BCUT2D eigenvalue weighted by Gasteiger charge is 2.39. The normalized spacial score (nSPS) is 18.5. The Balaban J connectivity index is 1.86. The first-order valence-corrected chi connectivity index (χ1v) is 10.5. The van der Waals surface area contributed by atoms with E-state index in [4.69, 9.17) is 23.2 Å². The van der Waals surface area contributed by atoms with Crippen molar-refractivity contribution in [2.24, 2.45) is 0 Å². The fourth-order valence-corrected chi connectivity index (χ4v) is 5.37. The number of para-hydroxylation sites is 1. The highest BCUT2D eigenvalue weighted by Crippen LogP contribution is 2.41. The lowest BCUT2D eigenvalue weighted by molar-refractivity contribution is 0.336. The summed E-state index contributed by atoms with van der Waals surface area (Å²) in [6.07, 6.45) is -0.644. The van der Waals surface area contributed by atoms with Gasteiger partial charge in [-0.15, -0.1) is 0 Å². The van der Waals surface area contributed by atoms with E-state index in [-0.39, 0.29) is 11.4 Å². The molecule has 0 radical (unpaired) electrons. The summed E-state index contributed by atoms with van der Waals surface area (Å²) in [6, 6.07) is 21.4. The zero-order chi connectivity index (χ0) is 19.0. The summed E-state index contributed by atoms with van der Waals surface area (Å²) in [5, 5.41) is 4.23. The number of fused-ring (bicyclic) bond motifs is 1. The molecule has 0 amide bonds. The predicted octanol–water partition coefficient (Wildman–Crippen LogP) is 5.31. The van der Waals surface area contributed by atoms with Crippen molar-refractivity contribution >= 4 is 38.9 Å². The van der Waals surface area contributed by atoms with E-state index in [9.17, 15) is 8.42 Å². The lowest BCUT2D eigenvalue weighted by atomic mass is 10.1. The van der Waals surface area contributed by atoms with E-state index in [0.717, 1.165) is 5.56 Å². The third kappa shape index (κ3) is 3.44. The Labute approximate surface area is 168 Å².